The summed E-state index contributed by atoms with van der Waals surface area (Å²) in [4.78, 5) is 12.4. The van der Waals surface area contributed by atoms with E-state index < -0.39 is 0 Å². The third kappa shape index (κ3) is 3.42. The Balaban J connectivity index is 1.46. The van der Waals surface area contributed by atoms with Crippen LogP contribution in [0.2, 0.25) is 0 Å². The Labute approximate surface area is 146 Å². The van der Waals surface area contributed by atoms with Crippen LogP contribution in [-0.4, -0.2) is 32.8 Å². The highest BCUT2D eigenvalue weighted by molar-refractivity contribution is 7.15. The van der Waals surface area contributed by atoms with Crippen LogP contribution in [0.3, 0.4) is 0 Å². The molecule has 0 radical (unpaired) electrons. The van der Waals surface area contributed by atoms with Gasteiger partial charge in [0.2, 0.25) is 5.13 Å². The van der Waals surface area contributed by atoms with Crippen LogP contribution in [0.5, 0.6) is 0 Å². The number of carbonyl (C=O) groups excluding carboxylic acids is 1. The standard InChI is InChI=1S/C16H15FN6OS/c17-10-3-1-2-9(6-10)7-13-21-23-16(25-13)19-15(24)14-11-8-18-5-4-12(11)20-22-14/h1-3,6,18H,4-5,7-8H2,(H,20,22)(H,19,23,24). The minimum atomic E-state index is -0.311. The van der Waals surface area contributed by atoms with Gasteiger partial charge < -0.3 is 5.32 Å². The molecule has 3 N–H and O–H groups in total. The Morgan fingerprint density at radius 2 is 2.28 bits per heavy atom. The molecule has 0 unspecified atom stereocenters. The lowest BCUT2D eigenvalue weighted by Crippen LogP contribution is -2.25. The van der Waals surface area contributed by atoms with Gasteiger partial charge in [-0.1, -0.05) is 23.5 Å². The van der Waals surface area contributed by atoms with Crippen LogP contribution in [0, 0.1) is 5.82 Å². The number of H-pyrrole nitrogens is 1. The van der Waals surface area contributed by atoms with Crippen LogP contribution in [0.4, 0.5) is 9.52 Å². The molecule has 1 aromatic carbocycles. The zero-order chi connectivity index (χ0) is 17.2. The molecule has 9 heteroatoms. The second-order valence-corrected chi connectivity index (χ2v) is 6.78. The first-order valence-corrected chi connectivity index (χ1v) is 8.65. The summed E-state index contributed by atoms with van der Waals surface area (Å²) in [5.41, 5.74) is 3.08. The van der Waals surface area contributed by atoms with Crippen LogP contribution in [-0.2, 0) is 19.4 Å². The fourth-order valence-corrected chi connectivity index (χ4v) is 3.54. The van der Waals surface area contributed by atoms with Gasteiger partial charge in [0.25, 0.3) is 5.91 Å². The number of aromatic nitrogens is 4. The van der Waals surface area contributed by atoms with E-state index >= 15 is 0 Å². The molecule has 25 heavy (non-hydrogen) atoms. The van der Waals surface area contributed by atoms with Crippen molar-refractivity contribution in [3.63, 3.8) is 0 Å². The number of fused-ring (bicyclic) bond motifs is 1. The number of nitrogens with zero attached hydrogens (tertiary/aromatic N) is 3. The lowest BCUT2D eigenvalue weighted by molar-refractivity contribution is 0.102. The lowest BCUT2D eigenvalue weighted by Gasteiger charge is -2.12. The first-order chi connectivity index (χ1) is 12.2. The predicted octanol–water partition coefficient (Wildman–Crippen LogP) is 1.89. The number of nitrogens with one attached hydrogen (secondary N) is 3. The molecular weight excluding hydrogens is 343 g/mol. The van der Waals surface area contributed by atoms with E-state index in [1.165, 1.54) is 23.5 Å². The van der Waals surface area contributed by atoms with E-state index in [0.717, 1.165) is 29.8 Å². The Morgan fingerprint density at radius 3 is 3.16 bits per heavy atom. The Morgan fingerprint density at radius 1 is 1.36 bits per heavy atom. The molecule has 2 aromatic heterocycles. The Bertz CT molecular complexity index is 921. The number of carbonyl (C=O) groups is 1. The number of anilines is 1. The van der Waals surface area contributed by atoms with Crippen LogP contribution >= 0.6 is 11.3 Å². The van der Waals surface area contributed by atoms with Crippen molar-refractivity contribution in [2.24, 2.45) is 0 Å². The van der Waals surface area contributed by atoms with Gasteiger partial charge in [-0.3, -0.25) is 15.2 Å². The van der Waals surface area contributed by atoms with Crippen molar-refractivity contribution in [3.05, 3.63) is 57.6 Å². The molecule has 0 saturated carbocycles. The molecule has 7 nitrogen and oxygen atoms in total. The van der Waals surface area contributed by atoms with E-state index in [-0.39, 0.29) is 11.7 Å². The minimum absolute atomic E-state index is 0.285. The van der Waals surface area contributed by atoms with Crippen molar-refractivity contribution in [3.8, 4) is 0 Å². The van der Waals surface area contributed by atoms with Crippen molar-refractivity contribution in [2.45, 2.75) is 19.4 Å². The SMILES string of the molecule is O=C(Nc1nnc(Cc2cccc(F)c2)s1)c1n[nH]c2c1CNCC2. The normalized spacial score (nSPS) is 13.5. The molecule has 1 aliphatic rings. The number of hydrogen-bond donors (Lipinski definition) is 3. The van der Waals surface area contributed by atoms with Crippen LogP contribution in [0.25, 0.3) is 0 Å². The molecule has 0 atom stereocenters. The van der Waals surface area contributed by atoms with E-state index in [2.05, 4.69) is 31.0 Å². The second kappa shape index (κ2) is 6.69. The van der Waals surface area contributed by atoms with Gasteiger partial charge in [0.15, 0.2) is 5.69 Å². The van der Waals surface area contributed by atoms with Gasteiger partial charge in [-0.25, -0.2) is 4.39 Å². The number of benzene rings is 1. The van der Waals surface area contributed by atoms with E-state index in [9.17, 15) is 9.18 Å². The highest BCUT2D eigenvalue weighted by Crippen LogP contribution is 2.21. The summed E-state index contributed by atoms with van der Waals surface area (Å²) in [5.74, 6) is -0.595. The third-order valence-electron chi connectivity index (χ3n) is 3.95. The number of hydrogen-bond acceptors (Lipinski definition) is 6. The molecule has 0 fully saturated rings. The van der Waals surface area contributed by atoms with Gasteiger partial charge in [0.1, 0.15) is 10.8 Å². The first-order valence-electron chi connectivity index (χ1n) is 7.84. The highest BCUT2D eigenvalue weighted by atomic mass is 32.1. The quantitative estimate of drug-likeness (QED) is 0.662. The van der Waals surface area contributed by atoms with Gasteiger partial charge in [0, 0.05) is 37.2 Å². The second-order valence-electron chi connectivity index (χ2n) is 5.72. The molecule has 3 heterocycles. The van der Waals surface area contributed by atoms with E-state index in [1.54, 1.807) is 6.07 Å². The summed E-state index contributed by atoms with van der Waals surface area (Å²) in [6, 6.07) is 6.34. The molecule has 0 spiro atoms. The molecule has 0 saturated heterocycles. The van der Waals surface area contributed by atoms with E-state index in [0.29, 0.717) is 28.8 Å². The van der Waals surface area contributed by atoms with Gasteiger partial charge >= 0.3 is 0 Å². The van der Waals surface area contributed by atoms with Gasteiger partial charge in [-0.15, -0.1) is 10.2 Å². The van der Waals surface area contributed by atoms with Crippen LogP contribution < -0.4 is 10.6 Å². The fraction of sp³-hybridized carbons (Fsp3) is 0.250. The van der Waals surface area contributed by atoms with E-state index in [4.69, 9.17) is 0 Å². The van der Waals surface area contributed by atoms with Crippen LogP contribution in [0.1, 0.15) is 32.3 Å². The van der Waals surface area contributed by atoms with Gasteiger partial charge in [-0.05, 0) is 17.7 Å². The molecule has 4 rings (SSSR count). The zero-order valence-electron chi connectivity index (χ0n) is 13.2. The number of amides is 1. The summed E-state index contributed by atoms with van der Waals surface area (Å²) in [7, 11) is 0. The average molecular weight is 358 g/mol. The molecular formula is C16H15FN6OS. The lowest BCUT2D eigenvalue weighted by atomic mass is 10.1. The molecule has 1 amide bonds. The largest absolute Gasteiger partial charge is 0.312 e. The fourth-order valence-electron chi connectivity index (χ4n) is 2.77. The summed E-state index contributed by atoms with van der Waals surface area (Å²) in [6.45, 7) is 1.49. The van der Waals surface area contributed by atoms with Gasteiger partial charge in [0.05, 0.1) is 0 Å². The monoisotopic (exact) mass is 358 g/mol. The number of halogens is 1. The minimum Gasteiger partial charge on any atom is -0.312 e. The summed E-state index contributed by atoms with van der Waals surface area (Å²) < 4.78 is 13.2. The predicted molar refractivity (Wildman–Crippen MR) is 91.1 cm³/mol. The highest BCUT2D eigenvalue weighted by Gasteiger charge is 2.22. The van der Waals surface area contributed by atoms with Crippen molar-refractivity contribution >= 4 is 22.4 Å². The summed E-state index contributed by atoms with van der Waals surface area (Å²) in [5, 5.41) is 22.1. The first kappa shape index (κ1) is 15.9. The third-order valence-corrected chi connectivity index (χ3v) is 4.79. The maximum Gasteiger partial charge on any atom is 0.278 e. The maximum atomic E-state index is 13.2. The number of aromatic amines is 1. The summed E-state index contributed by atoms with van der Waals surface area (Å²) >= 11 is 1.27. The topological polar surface area (TPSA) is 95.6 Å². The molecule has 1 aliphatic heterocycles. The number of rotatable bonds is 4. The Hall–Kier alpha value is -2.65. The smallest absolute Gasteiger partial charge is 0.278 e. The molecule has 0 bridgehead atoms. The van der Waals surface area contributed by atoms with Crippen molar-refractivity contribution in [2.75, 3.05) is 11.9 Å². The van der Waals surface area contributed by atoms with Crippen molar-refractivity contribution in [1.82, 2.24) is 25.7 Å². The zero-order valence-corrected chi connectivity index (χ0v) is 14.0. The van der Waals surface area contributed by atoms with E-state index in [1.807, 2.05) is 6.07 Å². The summed E-state index contributed by atoms with van der Waals surface area (Å²) in [6.07, 6.45) is 1.29. The molecule has 128 valence electrons. The maximum absolute atomic E-state index is 13.2. The van der Waals surface area contributed by atoms with Crippen LogP contribution in [0.15, 0.2) is 24.3 Å². The average Bonchev–Trinajstić information content (AvgIpc) is 3.21. The molecule has 3 aromatic rings. The van der Waals surface area contributed by atoms with Crippen molar-refractivity contribution < 1.29 is 9.18 Å². The Kier molecular flexibility index (Phi) is 4.24. The van der Waals surface area contributed by atoms with Gasteiger partial charge in [-0.2, -0.15) is 5.10 Å². The van der Waals surface area contributed by atoms with Crippen molar-refractivity contribution in [1.29, 1.82) is 0 Å². The molecule has 0 aliphatic carbocycles.